The standard InChI is InChI=1S/C12H16BrNO3/c1-2-7-5-8(12(17)9(13)6-7)10(14)3-4-11(15)16/h5-6,10,17H,2-4,14H2,1H3,(H,15,16). The van der Waals surface area contributed by atoms with Crippen molar-refractivity contribution < 1.29 is 15.0 Å². The second-order valence-corrected chi connectivity index (χ2v) is 4.76. The molecule has 1 aromatic carbocycles. The molecular formula is C12H16BrNO3. The van der Waals surface area contributed by atoms with Gasteiger partial charge in [-0.2, -0.15) is 0 Å². The molecule has 4 N–H and O–H groups in total. The normalized spacial score (nSPS) is 12.4. The Morgan fingerprint density at radius 2 is 2.18 bits per heavy atom. The van der Waals surface area contributed by atoms with Crippen molar-refractivity contribution in [1.29, 1.82) is 0 Å². The van der Waals surface area contributed by atoms with Gasteiger partial charge in [-0.25, -0.2) is 0 Å². The second kappa shape index (κ2) is 6.02. The van der Waals surface area contributed by atoms with Crippen LogP contribution in [0.25, 0.3) is 0 Å². The van der Waals surface area contributed by atoms with Gasteiger partial charge in [0.2, 0.25) is 0 Å². The molecule has 0 amide bonds. The van der Waals surface area contributed by atoms with Crippen molar-refractivity contribution >= 4 is 21.9 Å². The van der Waals surface area contributed by atoms with E-state index in [1.54, 1.807) is 0 Å². The number of carbonyl (C=O) groups is 1. The van der Waals surface area contributed by atoms with E-state index in [1.165, 1.54) is 0 Å². The molecule has 1 atom stereocenters. The van der Waals surface area contributed by atoms with Gasteiger partial charge in [0.05, 0.1) is 4.47 Å². The molecule has 0 aliphatic heterocycles. The quantitative estimate of drug-likeness (QED) is 0.780. The molecule has 17 heavy (non-hydrogen) atoms. The minimum atomic E-state index is -0.884. The summed E-state index contributed by atoms with van der Waals surface area (Å²) in [5.74, 6) is -0.786. The number of aliphatic carboxylic acids is 1. The predicted octanol–water partition coefficient (Wildman–Crippen LogP) is 2.58. The van der Waals surface area contributed by atoms with E-state index >= 15 is 0 Å². The summed E-state index contributed by atoms with van der Waals surface area (Å²) < 4.78 is 0.595. The number of aromatic hydroxyl groups is 1. The van der Waals surface area contributed by atoms with Crippen LogP contribution in [0.3, 0.4) is 0 Å². The van der Waals surface area contributed by atoms with Gasteiger partial charge in [0.15, 0.2) is 0 Å². The minimum absolute atomic E-state index is 0.00538. The maximum absolute atomic E-state index is 10.5. The summed E-state index contributed by atoms with van der Waals surface area (Å²) in [6.07, 6.45) is 1.13. The van der Waals surface area contributed by atoms with Crippen LogP contribution in [0.2, 0.25) is 0 Å². The van der Waals surface area contributed by atoms with E-state index in [0.29, 0.717) is 16.5 Å². The minimum Gasteiger partial charge on any atom is -0.506 e. The van der Waals surface area contributed by atoms with Crippen LogP contribution in [-0.2, 0) is 11.2 Å². The fourth-order valence-corrected chi connectivity index (χ4v) is 2.12. The molecule has 0 heterocycles. The number of carboxylic acids is 1. The third kappa shape index (κ3) is 3.71. The predicted molar refractivity (Wildman–Crippen MR) is 69.0 cm³/mol. The van der Waals surface area contributed by atoms with Gasteiger partial charge in [0.25, 0.3) is 0 Å². The first-order valence-corrected chi connectivity index (χ1v) is 6.23. The zero-order valence-corrected chi connectivity index (χ0v) is 11.2. The molecule has 0 bridgehead atoms. The van der Waals surface area contributed by atoms with Crippen LogP contribution in [0.4, 0.5) is 0 Å². The molecule has 4 nitrogen and oxygen atoms in total. The van der Waals surface area contributed by atoms with Crippen LogP contribution in [0, 0.1) is 0 Å². The van der Waals surface area contributed by atoms with E-state index in [1.807, 2.05) is 19.1 Å². The SMILES string of the molecule is CCc1cc(Br)c(O)c(C(N)CCC(=O)O)c1. The molecular weight excluding hydrogens is 286 g/mol. The molecule has 0 aromatic heterocycles. The monoisotopic (exact) mass is 301 g/mol. The number of hydrogen-bond acceptors (Lipinski definition) is 3. The van der Waals surface area contributed by atoms with E-state index in [9.17, 15) is 9.90 Å². The molecule has 0 saturated heterocycles. The third-order valence-corrected chi connectivity index (χ3v) is 3.23. The van der Waals surface area contributed by atoms with Gasteiger partial charge in [-0.3, -0.25) is 4.79 Å². The second-order valence-electron chi connectivity index (χ2n) is 3.91. The van der Waals surface area contributed by atoms with Crippen LogP contribution >= 0.6 is 15.9 Å². The number of nitrogens with two attached hydrogens (primary N) is 1. The summed E-state index contributed by atoms with van der Waals surface area (Å²) in [6.45, 7) is 2.01. The lowest BCUT2D eigenvalue weighted by atomic mass is 9.99. The smallest absolute Gasteiger partial charge is 0.303 e. The first-order valence-electron chi connectivity index (χ1n) is 5.44. The third-order valence-electron chi connectivity index (χ3n) is 2.63. The summed E-state index contributed by atoms with van der Waals surface area (Å²) in [7, 11) is 0. The Balaban J connectivity index is 2.95. The van der Waals surface area contributed by atoms with E-state index in [4.69, 9.17) is 10.8 Å². The Bertz CT molecular complexity index is 420. The Labute approximate surface area is 109 Å². The van der Waals surface area contributed by atoms with Crippen molar-refractivity contribution in [2.24, 2.45) is 5.73 Å². The highest BCUT2D eigenvalue weighted by Crippen LogP contribution is 2.34. The Kier molecular flexibility index (Phi) is 4.96. The van der Waals surface area contributed by atoms with Crippen molar-refractivity contribution in [3.63, 3.8) is 0 Å². The maximum Gasteiger partial charge on any atom is 0.303 e. The average molecular weight is 302 g/mol. The van der Waals surface area contributed by atoms with E-state index < -0.39 is 12.0 Å². The lowest BCUT2D eigenvalue weighted by Crippen LogP contribution is -2.13. The number of benzene rings is 1. The van der Waals surface area contributed by atoms with Gasteiger partial charge in [-0.1, -0.05) is 13.0 Å². The lowest BCUT2D eigenvalue weighted by molar-refractivity contribution is -0.137. The number of hydrogen-bond donors (Lipinski definition) is 3. The highest BCUT2D eigenvalue weighted by molar-refractivity contribution is 9.10. The molecule has 1 unspecified atom stereocenters. The zero-order valence-electron chi connectivity index (χ0n) is 9.61. The highest BCUT2D eigenvalue weighted by atomic mass is 79.9. The molecule has 0 fully saturated rings. The highest BCUT2D eigenvalue weighted by Gasteiger charge is 2.15. The van der Waals surface area contributed by atoms with E-state index in [2.05, 4.69) is 15.9 Å². The van der Waals surface area contributed by atoms with Gasteiger partial charge < -0.3 is 15.9 Å². The summed E-state index contributed by atoms with van der Waals surface area (Å²) in [4.78, 5) is 10.5. The van der Waals surface area contributed by atoms with Gasteiger partial charge in [-0.05, 0) is 40.4 Å². The summed E-state index contributed by atoms with van der Waals surface area (Å²) in [5.41, 5.74) is 7.54. The Morgan fingerprint density at radius 1 is 1.53 bits per heavy atom. The number of aryl methyl sites for hydroxylation is 1. The van der Waals surface area contributed by atoms with Crippen LogP contribution in [0.1, 0.15) is 36.9 Å². The van der Waals surface area contributed by atoms with Crippen molar-refractivity contribution in [1.82, 2.24) is 0 Å². The molecule has 1 aromatic rings. The number of rotatable bonds is 5. The molecule has 0 spiro atoms. The molecule has 0 saturated carbocycles. The number of phenolic OH excluding ortho intramolecular Hbond substituents is 1. The molecule has 0 radical (unpaired) electrons. The Hall–Kier alpha value is -1.07. The van der Waals surface area contributed by atoms with Crippen LogP contribution in [-0.4, -0.2) is 16.2 Å². The summed E-state index contributed by atoms with van der Waals surface area (Å²) >= 11 is 3.26. The molecule has 0 aliphatic rings. The van der Waals surface area contributed by atoms with Gasteiger partial charge in [-0.15, -0.1) is 0 Å². The van der Waals surface area contributed by atoms with Gasteiger partial charge in [0, 0.05) is 18.0 Å². The summed E-state index contributed by atoms with van der Waals surface area (Å²) in [6, 6.07) is 3.20. The first kappa shape index (κ1) is 14.0. The van der Waals surface area contributed by atoms with Crippen LogP contribution in [0.5, 0.6) is 5.75 Å². The first-order chi connectivity index (χ1) is 7.95. The number of carboxylic acid groups (broad SMARTS) is 1. The van der Waals surface area contributed by atoms with Crippen molar-refractivity contribution in [3.05, 3.63) is 27.7 Å². The van der Waals surface area contributed by atoms with Crippen LogP contribution in [0.15, 0.2) is 16.6 Å². The van der Waals surface area contributed by atoms with E-state index in [-0.39, 0.29) is 12.2 Å². The zero-order chi connectivity index (χ0) is 13.0. The maximum atomic E-state index is 10.5. The topological polar surface area (TPSA) is 83.5 Å². The van der Waals surface area contributed by atoms with E-state index in [0.717, 1.165) is 12.0 Å². The number of halogens is 1. The van der Waals surface area contributed by atoms with Crippen molar-refractivity contribution in [3.8, 4) is 5.75 Å². The average Bonchev–Trinajstić information content (AvgIpc) is 2.29. The molecule has 5 heteroatoms. The van der Waals surface area contributed by atoms with Gasteiger partial charge in [0.1, 0.15) is 5.75 Å². The lowest BCUT2D eigenvalue weighted by Gasteiger charge is -2.15. The Morgan fingerprint density at radius 3 is 2.71 bits per heavy atom. The fourth-order valence-electron chi connectivity index (χ4n) is 1.60. The largest absolute Gasteiger partial charge is 0.506 e. The number of phenols is 1. The summed E-state index contributed by atoms with van der Waals surface area (Å²) in [5, 5.41) is 18.5. The van der Waals surface area contributed by atoms with Gasteiger partial charge >= 0.3 is 5.97 Å². The van der Waals surface area contributed by atoms with Crippen molar-refractivity contribution in [2.45, 2.75) is 32.2 Å². The fraction of sp³-hybridized carbons (Fsp3) is 0.417. The molecule has 1 rings (SSSR count). The molecule has 0 aliphatic carbocycles. The molecule has 94 valence electrons. The van der Waals surface area contributed by atoms with Crippen LogP contribution < -0.4 is 5.73 Å². The van der Waals surface area contributed by atoms with Crippen molar-refractivity contribution in [2.75, 3.05) is 0 Å².